The van der Waals surface area contributed by atoms with Crippen molar-refractivity contribution in [3.63, 3.8) is 0 Å². The maximum Gasteiger partial charge on any atom is 0.522 e. The zero-order valence-corrected chi connectivity index (χ0v) is 52.0. The molecule has 2 aliphatic rings. The van der Waals surface area contributed by atoms with Crippen LogP contribution in [-0.4, -0.2) is 197 Å². The van der Waals surface area contributed by atoms with Crippen molar-refractivity contribution in [2.75, 3.05) is 104 Å². The van der Waals surface area contributed by atoms with Crippen LogP contribution < -0.4 is 21.3 Å². The summed E-state index contributed by atoms with van der Waals surface area (Å²) in [4.78, 5) is 58.8. The Morgan fingerprint density at radius 1 is 0.548 bits per heavy atom. The van der Waals surface area contributed by atoms with Gasteiger partial charge >= 0.3 is 57.3 Å². The van der Waals surface area contributed by atoms with E-state index < -0.39 is 129 Å². The third kappa shape index (κ3) is 26.7. The molecule has 4 N–H and O–H groups in total. The largest absolute Gasteiger partial charge is 0.522 e. The van der Waals surface area contributed by atoms with Crippen LogP contribution in [0.15, 0.2) is 25.3 Å². The van der Waals surface area contributed by atoms with Crippen LogP contribution in [0.5, 0.6) is 0 Å². The molecular formula is C47H81F15N4O15Si3. The number of rotatable bonds is 31. The van der Waals surface area contributed by atoms with E-state index >= 15 is 8.78 Å². The van der Waals surface area contributed by atoms with Crippen LogP contribution in [0.2, 0.25) is 12.1 Å². The van der Waals surface area contributed by atoms with Crippen LogP contribution in [0.3, 0.4) is 0 Å². The lowest BCUT2D eigenvalue weighted by molar-refractivity contribution is -0.339. The number of alkyl halides is 14. The summed E-state index contributed by atoms with van der Waals surface area (Å²) in [5, 5.41) is 9.97. The molecule has 4 unspecified atom stereocenters. The van der Waals surface area contributed by atoms with Gasteiger partial charge in [-0.25, -0.2) is 17.6 Å². The molecule has 496 valence electrons. The first-order valence-electron chi connectivity index (χ1n) is 25.2. The second-order valence-corrected chi connectivity index (χ2v) is 26.5. The van der Waals surface area contributed by atoms with Gasteiger partial charge in [-0.3, -0.25) is 33.1 Å². The molecule has 2 fully saturated rings. The quantitative estimate of drug-likeness (QED) is 0.0174. The molecule has 0 aromatic carbocycles. The zero-order valence-electron chi connectivity index (χ0n) is 48.8. The van der Waals surface area contributed by atoms with Crippen molar-refractivity contribution in [2.24, 2.45) is 35.5 Å². The summed E-state index contributed by atoms with van der Waals surface area (Å²) < 4.78 is 239. The number of amides is 4. The smallest absolute Gasteiger partial charge is 0.379 e. The summed E-state index contributed by atoms with van der Waals surface area (Å²) >= 11 is 0. The maximum atomic E-state index is 15.3. The zero-order chi connectivity index (χ0) is 66.1. The number of hydrogen-bond donors (Lipinski definition) is 4. The molecule has 0 aromatic heterocycles. The van der Waals surface area contributed by atoms with E-state index in [1.54, 1.807) is 35.2 Å². The first kappa shape index (κ1) is 84.4. The lowest BCUT2D eigenvalue weighted by atomic mass is 9.72. The molecule has 4 atom stereocenters. The Bertz CT molecular complexity index is 1840. The average Bonchev–Trinajstić information content (AvgIpc) is 3.48. The predicted molar refractivity (Wildman–Crippen MR) is 278 cm³/mol. The molecule has 0 aromatic rings. The van der Waals surface area contributed by atoms with Gasteiger partial charge in [0.05, 0.1) is 13.8 Å². The number of carbonyl (C=O) groups excluding carboxylic acids is 5. The predicted octanol–water partition coefficient (Wildman–Crippen LogP) is 7.48. The molecule has 0 saturated heterocycles. The molecule has 0 bridgehead atoms. The molecule has 0 radical (unpaired) electrons. The number of carbonyl (C=O) groups is 5. The van der Waals surface area contributed by atoms with E-state index in [4.69, 9.17) is 39.8 Å². The molecule has 0 heterocycles. The maximum absolute atomic E-state index is 15.3. The normalized spacial score (nSPS) is 20.5. The van der Waals surface area contributed by atoms with Gasteiger partial charge in [0.1, 0.15) is 23.7 Å². The van der Waals surface area contributed by atoms with E-state index in [1.165, 1.54) is 54.8 Å². The topological polar surface area (TPSA) is 226 Å². The molecule has 0 aliphatic heterocycles. The minimum atomic E-state index is -6.50. The van der Waals surface area contributed by atoms with Crippen LogP contribution in [0, 0.1) is 35.5 Å². The molecule has 4 amide bonds. The second-order valence-electron chi connectivity index (χ2n) is 18.3. The van der Waals surface area contributed by atoms with Crippen molar-refractivity contribution in [3.8, 4) is 0 Å². The van der Waals surface area contributed by atoms with E-state index in [1.807, 2.05) is 0 Å². The van der Waals surface area contributed by atoms with Crippen molar-refractivity contribution >= 4 is 56.8 Å². The Labute approximate surface area is 483 Å². The van der Waals surface area contributed by atoms with E-state index in [2.05, 4.69) is 39.2 Å². The van der Waals surface area contributed by atoms with Crippen molar-refractivity contribution in [1.82, 2.24) is 21.3 Å². The van der Waals surface area contributed by atoms with E-state index in [9.17, 15) is 81.0 Å². The summed E-state index contributed by atoms with van der Waals surface area (Å²) in [6, 6.07) is -3.18. The van der Waals surface area contributed by atoms with Crippen molar-refractivity contribution < 1.29 is 134 Å². The van der Waals surface area contributed by atoms with E-state index in [0.29, 0.717) is 32.1 Å². The highest BCUT2D eigenvalue weighted by Crippen LogP contribution is 2.49. The Balaban J connectivity index is -0.00000115. The molecule has 19 nitrogen and oxygen atoms in total. The number of hydrogen-bond acceptors (Lipinski definition) is 15. The van der Waals surface area contributed by atoms with Crippen molar-refractivity contribution in [1.29, 1.82) is 0 Å². The highest BCUT2D eigenvalue weighted by Gasteiger charge is 2.75. The van der Waals surface area contributed by atoms with Gasteiger partial charge in [-0.15, -0.1) is 26.3 Å². The van der Waals surface area contributed by atoms with Gasteiger partial charge in [-0.1, -0.05) is 26.0 Å². The fourth-order valence-electron chi connectivity index (χ4n) is 8.12. The van der Waals surface area contributed by atoms with E-state index in [-0.39, 0.29) is 63.7 Å². The van der Waals surface area contributed by atoms with E-state index in [0.717, 1.165) is 0 Å². The number of ether oxygens (including phenoxy) is 1. The monoisotopic (exact) mass is 1310 g/mol. The van der Waals surface area contributed by atoms with Crippen molar-refractivity contribution in [3.05, 3.63) is 25.3 Å². The van der Waals surface area contributed by atoms with Gasteiger partial charge in [-0.05, 0) is 50.4 Å². The highest BCUT2D eigenvalue weighted by atomic mass is 28.4. The summed E-state index contributed by atoms with van der Waals surface area (Å²) in [6.07, 6.45) is -4.03. The van der Waals surface area contributed by atoms with Gasteiger partial charge in [0.15, 0.2) is 0 Å². The summed E-state index contributed by atoms with van der Waals surface area (Å²) in [7, 11) is 6.85. The average molecular weight is 1310 g/mol. The van der Waals surface area contributed by atoms with Crippen LogP contribution in [0.1, 0.15) is 58.8 Å². The summed E-state index contributed by atoms with van der Waals surface area (Å²) in [5.41, 5.74) is 0. The Hall–Kier alpha value is -3.77. The summed E-state index contributed by atoms with van der Waals surface area (Å²) in [6.45, 7) is 8.94. The first-order valence-corrected chi connectivity index (χ1v) is 30.5. The fourth-order valence-corrected chi connectivity index (χ4v) is 12.1. The number of halogens is 15. The molecule has 37 heteroatoms. The van der Waals surface area contributed by atoms with Gasteiger partial charge in [0, 0.05) is 109 Å². The minimum absolute atomic E-state index is 0.0130. The third-order valence-corrected chi connectivity index (χ3v) is 19.5. The lowest BCUT2D eigenvalue weighted by Crippen LogP contribution is -2.57. The minimum Gasteiger partial charge on any atom is -0.379 e. The third-order valence-electron chi connectivity index (χ3n) is 12.7. The highest BCUT2D eigenvalue weighted by molar-refractivity contribution is 6.60. The Morgan fingerprint density at radius 2 is 0.833 bits per heavy atom. The van der Waals surface area contributed by atoms with Crippen LogP contribution in [-0.2, 0) is 68.5 Å². The van der Waals surface area contributed by atoms with Crippen LogP contribution >= 0.6 is 0 Å². The molecule has 2 aliphatic carbocycles. The van der Waals surface area contributed by atoms with Gasteiger partial charge in [0.25, 0.3) is 11.8 Å². The van der Waals surface area contributed by atoms with Gasteiger partial charge in [0.2, 0.25) is 23.6 Å². The van der Waals surface area contributed by atoms with Crippen LogP contribution in [0.4, 0.5) is 65.9 Å². The van der Waals surface area contributed by atoms with Crippen LogP contribution in [0.25, 0.3) is 0 Å². The molecule has 0 spiro atoms. The summed E-state index contributed by atoms with van der Waals surface area (Å²) in [5.74, 6) is -34.9. The number of nitrogens with one attached hydrogen (secondary N) is 4. The lowest BCUT2D eigenvalue weighted by Gasteiger charge is -2.39. The Morgan fingerprint density at radius 3 is 1.06 bits per heavy atom. The first-order chi connectivity index (χ1) is 38.8. The molecular weight excluding hydrogens is 1230 g/mol. The second kappa shape index (κ2) is 39.9. The Kier molecular flexibility index (Phi) is 40.1. The van der Waals surface area contributed by atoms with Gasteiger partial charge < -0.3 is 61.1 Å². The van der Waals surface area contributed by atoms with Gasteiger partial charge in [-0.2, -0.15) is 30.7 Å². The molecule has 2 rings (SSSR count). The molecule has 2 saturated carbocycles. The fraction of sp³-hybridized carbons (Fsp3) is 0.809. The van der Waals surface area contributed by atoms with Crippen molar-refractivity contribution in [2.45, 2.75) is 107 Å². The SMILES string of the molecule is C=CCNC(=O)C1CC(C)CC(C(=O)NCC=C)C1(F)F.CF.CO[SiH](OC)OC.CO[Si](CCCNC(=O)C1CC(C)CC(C(=O)NCCC[Si](OC)(OC)OC)C1(F)F)(OC)OC.O=C(F)C(F)(F)C(F)(F)C(F)(F)CCOC(F)(F)F. The molecule has 84 heavy (non-hydrogen) atoms. The standard InChI is InChI=1S/C21H42F2N2O8Si2.C15H22F2N2O2.C7H4F10O2.C3H10O3Si.CH3F/c1-16-14-17(19(26)24-10-8-12-34(28-2,29-3)30-4)21(22,23)18(15-16)20(27)25-11-9-13-35(31-5,32-6)33-7;1-4-6-18-13(20)11-8-10(3)9-12(15(11,16)17)14(21)19-7-5-2;8-3(18)5(11,12)6(13,14)4(9,10)1-2-19-7(15,16)17;1-4-7(5-2)6-3;1-2/h16-18H,8-15H2,1-7H3,(H,24,26)(H,25,27);4-5,10-12H,1-2,6-9H2,3H3,(H,18,20)(H,19,21);1-2H2;7H,1-3H3;1H3.